The maximum Gasteiger partial charge on any atom is 0.0162 e. The first kappa shape index (κ1) is 14.4. The molecule has 1 aliphatic carbocycles. The van der Waals surface area contributed by atoms with E-state index in [-0.39, 0.29) is 5.54 Å². The number of unbranched alkanes of at least 4 members (excludes halogenated alkanes) is 1. The highest BCUT2D eigenvalue weighted by molar-refractivity contribution is 7.99. The Bertz CT molecular complexity index is 174. The highest BCUT2D eigenvalue weighted by Gasteiger charge is 2.30. The van der Waals surface area contributed by atoms with Crippen LogP contribution in [0.1, 0.15) is 65.2 Å². The molecule has 0 unspecified atom stereocenters. The van der Waals surface area contributed by atoms with E-state index in [2.05, 4.69) is 13.8 Å². The highest BCUT2D eigenvalue weighted by atomic mass is 32.2. The number of thioether (sulfide) groups is 1. The summed E-state index contributed by atoms with van der Waals surface area (Å²) in [5, 5.41) is 0. The Balaban J connectivity index is 2.18. The topological polar surface area (TPSA) is 26.0 Å². The summed E-state index contributed by atoms with van der Waals surface area (Å²) in [7, 11) is 0. The van der Waals surface area contributed by atoms with Crippen molar-refractivity contribution in [2.45, 2.75) is 70.8 Å². The second kappa shape index (κ2) is 7.60. The quantitative estimate of drug-likeness (QED) is 0.678. The first-order valence-electron chi connectivity index (χ1n) is 7.07. The first-order valence-corrected chi connectivity index (χ1v) is 8.22. The fraction of sp³-hybridized carbons (Fsp3) is 1.00. The van der Waals surface area contributed by atoms with E-state index in [0.29, 0.717) is 0 Å². The predicted molar refractivity (Wildman–Crippen MR) is 76.0 cm³/mol. The Kier molecular flexibility index (Phi) is 6.83. The molecule has 1 fully saturated rings. The highest BCUT2D eigenvalue weighted by Crippen LogP contribution is 2.35. The van der Waals surface area contributed by atoms with Gasteiger partial charge in [0.2, 0.25) is 0 Å². The number of hydrogen-bond acceptors (Lipinski definition) is 2. The zero-order valence-corrected chi connectivity index (χ0v) is 12.0. The molecule has 0 aromatic carbocycles. The van der Waals surface area contributed by atoms with Gasteiger partial charge in [0.05, 0.1) is 0 Å². The molecule has 0 bridgehead atoms. The van der Waals surface area contributed by atoms with Crippen LogP contribution in [-0.4, -0.2) is 17.0 Å². The smallest absolute Gasteiger partial charge is 0.0162 e. The summed E-state index contributed by atoms with van der Waals surface area (Å²) in [5.41, 5.74) is 6.66. The standard InChI is InChI=1S/C14H29NS/c1-3-5-6-13-7-9-14(15,10-8-13)11-12-16-4-2/h13H,3-12,15H2,1-2H3. The Morgan fingerprint density at radius 1 is 1.25 bits per heavy atom. The van der Waals surface area contributed by atoms with Crippen LogP contribution in [-0.2, 0) is 0 Å². The van der Waals surface area contributed by atoms with Crippen LogP contribution >= 0.6 is 11.8 Å². The lowest BCUT2D eigenvalue weighted by Crippen LogP contribution is -2.43. The molecule has 0 radical (unpaired) electrons. The SMILES string of the molecule is CCCCC1CCC(N)(CCSCC)CC1. The molecule has 0 atom stereocenters. The van der Waals surface area contributed by atoms with Gasteiger partial charge in [0.15, 0.2) is 0 Å². The molecule has 1 nitrogen and oxygen atoms in total. The van der Waals surface area contributed by atoms with Crippen LogP contribution in [0.3, 0.4) is 0 Å². The van der Waals surface area contributed by atoms with Crippen molar-refractivity contribution < 1.29 is 0 Å². The molecule has 1 aliphatic rings. The van der Waals surface area contributed by atoms with Gasteiger partial charge in [-0.1, -0.05) is 33.1 Å². The maximum absolute atomic E-state index is 6.48. The first-order chi connectivity index (χ1) is 7.70. The monoisotopic (exact) mass is 243 g/mol. The van der Waals surface area contributed by atoms with E-state index in [4.69, 9.17) is 5.73 Å². The number of nitrogens with two attached hydrogens (primary N) is 1. The molecule has 16 heavy (non-hydrogen) atoms. The second-order valence-corrected chi connectivity index (χ2v) is 6.79. The summed E-state index contributed by atoms with van der Waals surface area (Å²) in [6, 6.07) is 0. The Morgan fingerprint density at radius 2 is 1.94 bits per heavy atom. The van der Waals surface area contributed by atoms with Crippen LogP contribution in [0, 0.1) is 5.92 Å². The predicted octanol–water partition coefficient (Wildman–Crippen LogP) is 4.21. The van der Waals surface area contributed by atoms with Crippen molar-refractivity contribution in [1.29, 1.82) is 0 Å². The molecular formula is C14H29NS. The fourth-order valence-electron chi connectivity index (χ4n) is 2.70. The molecule has 0 spiro atoms. The Hall–Kier alpha value is 0.310. The van der Waals surface area contributed by atoms with Gasteiger partial charge in [0.1, 0.15) is 0 Å². The molecule has 0 saturated heterocycles. The zero-order chi connectivity index (χ0) is 11.9. The Labute approximate surface area is 106 Å². The summed E-state index contributed by atoms with van der Waals surface area (Å²) in [6.07, 6.45) is 10.7. The van der Waals surface area contributed by atoms with Crippen LogP contribution in [0.2, 0.25) is 0 Å². The van der Waals surface area contributed by atoms with Crippen molar-refractivity contribution in [3.63, 3.8) is 0 Å². The molecule has 1 saturated carbocycles. The van der Waals surface area contributed by atoms with Crippen LogP contribution in [0.5, 0.6) is 0 Å². The molecule has 2 heteroatoms. The van der Waals surface area contributed by atoms with Crippen molar-refractivity contribution in [2.24, 2.45) is 11.7 Å². The van der Waals surface area contributed by atoms with E-state index in [1.165, 1.54) is 62.9 Å². The lowest BCUT2D eigenvalue weighted by atomic mass is 9.74. The van der Waals surface area contributed by atoms with Crippen LogP contribution in [0.15, 0.2) is 0 Å². The third kappa shape index (κ3) is 5.09. The maximum atomic E-state index is 6.48. The average molecular weight is 243 g/mol. The summed E-state index contributed by atoms with van der Waals surface area (Å²) in [4.78, 5) is 0. The van der Waals surface area contributed by atoms with Gasteiger partial charge in [0.25, 0.3) is 0 Å². The van der Waals surface area contributed by atoms with Crippen molar-refractivity contribution in [2.75, 3.05) is 11.5 Å². The zero-order valence-electron chi connectivity index (χ0n) is 11.1. The second-order valence-electron chi connectivity index (χ2n) is 5.39. The van der Waals surface area contributed by atoms with Gasteiger partial charge in [-0.25, -0.2) is 0 Å². The van der Waals surface area contributed by atoms with E-state index in [1.54, 1.807) is 0 Å². The summed E-state index contributed by atoms with van der Waals surface area (Å²) >= 11 is 2.03. The van der Waals surface area contributed by atoms with E-state index < -0.39 is 0 Å². The molecule has 96 valence electrons. The molecule has 0 aromatic rings. The van der Waals surface area contributed by atoms with Crippen molar-refractivity contribution in [3.05, 3.63) is 0 Å². The fourth-order valence-corrected chi connectivity index (χ4v) is 3.54. The van der Waals surface area contributed by atoms with E-state index >= 15 is 0 Å². The van der Waals surface area contributed by atoms with Crippen LogP contribution in [0.25, 0.3) is 0 Å². The molecular weight excluding hydrogens is 214 g/mol. The van der Waals surface area contributed by atoms with Crippen LogP contribution < -0.4 is 5.73 Å². The van der Waals surface area contributed by atoms with Crippen molar-refractivity contribution >= 4 is 11.8 Å². The van der Waals surface area contributed by atoms with Gasteiger partial charge < -0.3 is 5.73 Å². The average Bonchev–Trinajstić information content (AvgIpc) is 2.29. The largest absolute Gasteiger partial charge is 0.325 e. The van der Waals surface area contributed by atoms with Gasteiger partial charge >= 0.3 is 0 Å². The summed E-state index contributed by atoms with van der Waals surface area (Å²) < 4.78 is 0. The molecule has 1 rings (SSSR count). The van der Waals surface area contributed by atoms with Gasteiger partial charge in [0, 0.05) is 5.54 Å². The molecule has 2 N–H and O–H groups in total. The van der Waals surface area contributed by atoms with Gasteiger partial charge in [-0.2, -0.15) is 11.8 Å². The molecule has 0 heterocycles. The van der Waals surface area contributed by atoms with Gasteiger partial charge in [-0.15, -0.1) is 0 Å². The minimum Gasteiger partial charge on any atom is -0.325 e. The van der Waals surface area contributed by atoms with Crippen LogP contribution in [0.4, 0.5) is 0 Å². The third-order valence-electron chi connectivity index (χ3n) is 4.02. The Morgan fingerprint density at radius 3 is 2.50 bits per heavy atom. The minimum absolute atomic E-state index is 0.185. The molecule has 0 amide bonds. The summed E-state index contributed by atoms with van der Waals surface area (Å²) in [6.45, 7) is 4.52. The van der Waals surface area contributed by atoms with Crippen molar-refractivity contribution in [1.82, 2.24) is 0 Å². The van der Waals surface area contributed by atoms with Crippen molar-refractivity contribution in [3.8, 4) is 0 Å². The minimum atomic E-state index is 0.185. The number of hydrogen-bond donors (Lipinski definition) is 1. The van der Waals surface area contributed by atoms with E-state index in [1.807, 2.05) is 11.8 Å². The van der Waals surface area contributed by atoms with Gasteiger partial charge in [-0.3, -0.25) is 0 Å². The summed E-state index contributed by atoms with van der Waals surface area (Å²) in [5.74, 6) is 3.47. The third-order valence-corrected chi connectivity index (χ3v) is 4.92. The van der Waals surface area contributed by atoms with Gasteiger partial charge in [-0.05, 0) is 49.5 Å². The normalized spacial score (nSPS) is 30.6. The molecule has 0 aliphatic heterocycles. The van der Waals surface area contributed by atoms with E-state index in [0.717, 1.165) is 5.92 Å². The lowest BCUT2D eigenvalue weighted by molar-refractivity contribution is 0.218. The molecule has 0 aromatic heterocycles. The number of rotatable bonds is 7. The lowest BCUT2D eigenvalue weighted by Gasteiger charge is -2.37. The van der Waals surface area contributed by atoms with E-state index in [9.17, 15) is 0 Å².